The molecule has 4 N–H and O–H groups in total. The smallest absolute Gasteiger partial charge is 0.246 e. The first-order valence-electron chi connectivity index (χ1n) is 16.9. The Kier molecular flexibility index (Phi) is 11.3. The second kappa shape index (κ2) is 15.6. The van der Waals surface area contributed by atoms with E-state index in [0.29, 0.717) is 25.6 Å². The van der Waals surface area contributed by atoms with E-state index in [2.05, 4.69) is 67.3 Å². The van der Waals surface area contributed by atoms with Gasteiger partial charge in [-0.05, 0) is 98.6 Å². The Morgan fingerprint density at radius 2 is 1.85 bits per heavy atom. The predicted octanol–water partition coefficient (Wildman–Crippen LogP) is 5.54. The number of nitrogens with two attached hydrogens (primary N) is 1. The van der Waals surface area contributed by atoms with Gasteiger partial charge in [0.1, 0.15) is 11.6 Å². The maximum absolute atomic E-state index is 13.6. The number of phenols is 1. The van der Waals surface area contributed by atoms with E-state index in [9.17, 15) is 14.7 Å². The van der Waals surface area contributed by atoms with E-state index < -0.39 is 6.04 Å². The summed E-state index contributed by atoms with van der Waals surface area (Å²) < 4.78 is 1.88. The Hall–Kier alpha value is -4.54. The molecule has 1 saturated heterocycles. The molecule has 5 rings (SSSR count). The third kappa shape index (κ3) is 8.87. The molecule has 2 aromatic heterocycles. The summed E-state index contributed by atoms with van der Waals surface area (Å²) in [5, 5.41) is 18.0. The van der Waals surface area contributed by atoms with Crippen molar-refractivity contribution in [2.45, 2.75) is 76.8 Å². The fourth-order valence-electron chi connectivity index (χ4n) is 6.21. The lowest BCUT2D eigenvalue weighted by Crippen LogP contribution is -2.49. The Morgan fingerprint density at radius 1 is 1.10 bits per heavy atom. The maximum atomic E-state index is 13.6. The number of rotatable bonds is 13. The summed E-state index contributed by atoms with van der Waals surface area (Å²) in [7, 11) is 2.09. The molecule has 0 spiro atoms. The van der Waals surface area contributed by atoms with Gasteiger partial charge in [0.15, 0.2) is 0 Å². The van der Waals surface area contributed by atoms with Crippen LogP contribution < -0.4 is 11.1 Å². The molecule has 0 radical (unpaired) electrons. The molecule has 254 valence electrons. The van der Waals surface area contributed by atoms with Gasteiger partial charge in [-0.25, -0.2) is 4.68 Å². The quantitative estimate of drug-likeness (QED) is 0.161. The number of nitrogens with zero attached hydrogens (tertiary/aromatic N) is 5. The zero-order valence-corrected chi connectivity index (χ0v) is 28.6. The average molecular weight is 652 g/mol. The van der Waals surface area contributed by atoms with Crippen molar-refractivity contribution in [3.05, 3.63) is 90.3 Å². The minimum atomic E-state index is -0.858. The van der Waals surface area contributed by atoms with E-state index in [4.69, 9.17) is 10.8 Å². The molecule has 0 bridgehead atoms. The van der Waals surface area contributed by atoms with Gasteiger partial charge < -0.3 is 21.1 Å². The molecule has 2 aromatic carbocycles. The number of carbonyl (C=O) groups is 2. The Labute approximate surface area is 284 Å². The van der Waals surface area contributed by atoms with E-state index in [1.165, 1.54) is 10.5 Å². The standard InChI is InChI=1S/C38H49N7O3/c1-38(2,3)29-13-15-31(16-14-29)45-35(25-34(42-45)28-8-5-20-40-26-28)41-21-6-10-36(47)44(23-19-30-9-7-22-43(30)4)37(48)33(39)24-27-11-17-32(46)18-12-27/h5,8,11-18,20,25-26,30,33,41,46H,6-7,9-10,19,21-24,39H2,1-4H3/t30?,33-/m0/s1. The second-order valence-corrected chi connectivity index (χ2v) is 13.8. The number of anilines is 1. The molecule has 2 amide bonds. The van der Waals surface area contributed by atoms with Crippen molar-refractivity contribution in [1.29, 1.82) is 0 Å². The lowest BCUT2D eigenvalue weighted by Gasteiger charge is -2.27. The number of likely N-dealkylation sites (tertiary alicyclic amines) is 1. The highest BCUT2D eigenvalue weighted by Crippen LogP contribution is 2.27. The van der Waals surface area contributed by atoms with Crippen molar-refractivity contribution in [2.75, 3.05) is 32.0 Å². The molecule has 0 aliphatic carbocycles. The first-order chi connectivity index (χ1) is 23.0. The topological polar surface area (TPSA) is 130 Å². The summed E-state index contributed by atoms with van der Waals surface area (Å²) in [6.07, 6.45) is 7.45. The third-order valence-electron chi connectivity index (χ3n) is 9.15. The number of carbonyl (C=O) groups excluding carboxylic acids is 2. The molecular formula is C38H49N7O3. The predicted molar refractivity (Wildman–Crippen MR) is 190 cm³/mol. The van der Waals surface area contributed by atoms with Crippen LogP contribution in [0.4, 0.5) is 5.82 Å². The van der Waals surface area contributed by atoms with Gasteiger partial charge in [0.2, 0.25) is 11.8 Å². The van der Waals surface area contributed by atoms with E-state index >= 15 is 0 Å². The zero-order valence-electron chi connectivity index (χ0n) is 28.6. The van der Waals surface area contributed by atoms with Crippen LogP contribution >= 0.6 is 0 Å². The van der Waals surface area contributed by atoms with Crippen LogP contribution in [0.15, 0.2) is 79.1 Å². The third-order valence-corrected chi connectivity index (χ3v) is 9.15. The summed E-state index contributed by atoms with van der Waals surface area (Å²) in [5.41, 5.74) is 11.1. The van der Waals surface area contributed by atoms with Gasteiger partial charge >= 0.3 is 0 Å². The van der Waals surface area contributed by atoms with Crippen molar-refractivity contribution < 1.29 is 14.7 Å². The van der Waals surface area contributed by atoms with Gasteiger partial charge in [-0.15, -0.1) is 0 Å². The zero-order chi connectivity index (χ0) is 34.3. The number of hydrogen-bond donors (Lipinski definition) is 3. The summed E-state index contributed by atoms with van der Waals surface area (Å²) in [6, 6.07) is 20.4. The van der Waals surface area contributed by atoms with Gasteiger partial charge in [0, 0.05) is 49.6 Å². The highest BCUT2D eigenvalue weighted by Gasteiger charge is 2.29. The highest BCUT2D eigenvalue weighted by atomic mass is 16.3. The van der Waals surface area contributed by atoms with E-state index in [-0.39, 0.29) is 35.8 Å². The Morgan fingerprint density at radius 3 is 2.50 bits per heavy atom. The number of aromatic nitrogens is 3. The lowest BCUT2D eigenvalue weighted by molar-refractivity contribution is -0.146. The van der Waals surface area contributed by atoms with E-state index in [0.717, 1.165) is 54.1 Å². The fourth-order valence-corrected chi connectivity index (χ4v) is 6.21. The molecule has 3 heterocycles. The minimum absolute atomic E-state index is 0.0366. The van der Waals surface area contributed by atoms with Crippen LogP contribution in [-0.4, -0.2) is 80.3 Å². The number of amides is 2. The first kappa shape index (κ1) is 34.8. The van der Waals surface area contributed by atoms with Crippen molar-refractivity contribution >= 4 is 17.6 Å². The largest absolute Gasteiger partial charge is 0.508 e. The molecule has 2 atom stereocenters. The molecule has 1 aliphatic rings. The number of aromatic hydroxyl groups is 1. The highest BCUT2D eigenvalue weighted by molar-refractivity contribution is 5.97. The number of hydrogen-bond acceptors (Lipinski definition) is 8. The Balaban J connectivity index is 1.26. The number of nitrogens with one attached hydrogen (secondary N) is 1. The van der Waals surface area contributed by atoms with Crippen LogP contribution in [0.3, 0.4) is 0 Å². The fraction of sp³-hybridized carbons (Fsp3) is 0.421. The molecule has 48 heavy (non-hydrogen) atoms. The maximum Gasteiger partial charge on any atom is 0.246 e. The molecular weight excluding hydrogens is 602 g/mol. The molecule has 1 fully saturated rings. The number of benzene rings is 2. The van der Waals surface area contributed by atoms with E-state index in [1.807, 2.05) is 22.9 Å². The van der Waals surface area contributed by atoms with Crippen LogP contribution in [0.2, 0.25) is 0 Å². The first-order valence-corrected chi connectivity index (χ1v) is 16.9. The minimum Gasteiger partial charge on any atom is -0.508 e. The van der Waals surface area contributed by atoms with Gasteiger partial charge in [-0.3, -0.25) is 19.5 Å². The van der Waals surface area contributed by atoms with Gasteiger partial charge in [-0.1, -0.05) is 45.0 Å². The number of imide groups is 1. The summed E-state index contributed by atoms with van der Waals surface area (Å²) >= 11 is 0. The molecule has 1 aliphatic heterocycles. The van der Waals surface area contributed by atoms with Crippen molar-refractivity contribution in [3.8, 4) is 22.7 Å². The summed E-state index contributed by atoms with van der Waals surface area (Å²) in [5.74, 6) is 0.378. The molecule has 10 nitrogen and oxygen atoms in total. The Bertz CT molecular complexity index is 1650. The van der Waals surface area contributed by atoms with Crippen LogP contribution in [0.5, 0.6) is 5.75 Å². The van der Waals surface area contributed by atoms with Gasteiger partial charge in [-0.2, -0.15) is 5.10 Å². The second-order valence-electron chi connectivity index (χ2n) is 13.8. The van der Waals surface area contributed by atoms with Crippen molar-refractivity contribution in [2.24, 2.45) is 5.73 Å². The van der Waals surface area contributed by atoms with Crippen LogP contribution in [0.25, 0.3) is 16.9 Å². The number of pyridine rings is 1. The average Bonchev–Trinajstić information content (AvgIpc) is 3.70. The molecule has 1 unspecified atom stereocenters. The van der Waals surface area contributed by atoms with Crippen molar-refractivity contribution in [3.63, 3.8) is 0 Å². The molecule has 10 heteroatoms. The van der Waals surface area contributed by atoms with Crippen LogP contribution in [0.1, 0.15) is 64.0 Å². The monoisotopic (exact) mass is 651 g/mol. The SMILES string of the molecule is CN1CCCC1CCN(C(=O)CCCNc1cc(-c2cccnc2)nn1-c1ccc(C(C)(C)C)cc1)C(=O)[C@@H](N)Cc1ccc(O)cc1. The van der Waals surface area contributed by atoms with Crippen molar-refractivity contribution in [1.82, 2.24) is 24.6 Å². The molecule has 4 aromatic rings. The summed E-state index contributed by atoms with van der Waals surface area (Å²) in [6.45, 7) is 8.45. The van der Waals surface area contributed by atoms with Crippen LogP contribution in [0, 0.1) is 0 Å². The number of phenolic OH excluding ortho intramolecular Hbond substituents is 1. The van der Waals surface area contributed by atoms with Gasteiger partial charge in [0.25, 0.3) is 0 Å². The lowest BCUT2D eigenvalue weighted by atomic mass is 9.87. The normalized spacial score (nSPS) is 15.7. The van der Waals surface area contributed by atoms with Crippen LogP contribution in [-0.2, 0) is 21.4 Å². The van der Waals surface area contributed by atoms with Gasteiger partial charge in [0.05, 0.1) is 17.4 Å². The molecule has 0 saturated carbocycles. The van der Waals surface area contributed by atoms with E-state index in [1.54, 1.807) is 36.7 Å². The summed E-state index contributed by atoms with van der Waals surface area (Å²) in [4.78, 5) is 35.2.